The van der Waals surface area contributed by atoms with E-state index in [1.807, 2.05) is 0 Å². The van der Waals surface area contributed by atoms with Crippen LogP contribution in [0.1, 0.15) is 44.9 Å². The Bertz CT molecular complexity index is 798. The van der Waals surface area contributed by atoms with Crippen molar-refractivity contribution in [1.29, 1.82) is 0 Å². The van der Waals surface area contributed by atoms with E-state index >= 15 is 0 Å². The molecule has 1 aromatic carbocycles. The summed E-state index contributed by atoms with van der Waals surface area (Å²) >= 11 is 0. The summed E-state index contributed by atoms with van der Waals surface area (Å²) in [5.74, 6) is -0.449. The summed E-state index contributed by atoms with van der Waals surface area (Å²) in [6.45, 7) is 1.22. The Kier molecular flexibility index (Phi) is 7.49. The van der Waals surface area contributed by atoms with E-state index in [9.17, 15) is 18.0 Å². The molecule has 160 valence electrons. The molecule has 1 aliphatic heterocycles. The van der Waals surface area contributed by atoms with Gasteiger partial charge in [0, 0.05) is 30.9 Å². The molecule has 0 aromatic heterocycles. The van der Waals surface area contributed by atoms with E-state index in [0.717, 1.165) is 32.3 Å². The number of nitrogens with one attached hydrogen (secondary N) is 3. The normalized spacial score (nSPS) is 19.8. The molecule has 2 fully saturated rings. The topological polar surface area (TPSA) is 114 Å². The predicted molar refractivity (Wildman–Crippen MR) is 112 cm³/mol. The lowest BCUT2D eigenvalue weighted by atomic mass is 10.2. The van der Waals surface area contributed by atoms with Crippen molar-refractivity contribution >= 4 is 33.2 Å². The second-order valence-electron chi connectivity index (χ2n) is 7.62. The molecule has 1 atom stereocenters. The maximum atomic E-state index is 12.2. The first-order valence-corrected chi connectivity index (χ1v) is 11.9. The molecule has 0 spiro atoms. The molecule has 29 heavy (non-hydrogen) atoms. The fourth-order valence-electron chi connectivity index (χ4n) is 3.70. The highest BCUT2D eigenvalue weighted by Gasteiger charge is 2.28. The van der Waals surface area contributed by atoms with Crippen LogP contribution < -0.4 is 16.0 Å². The van der Waals surface area contributed by atoms with Crippen LogP contribution in [0.4, 0.5) is 16.2 Å². The van der Waals surface area contributed by atoms with Crippen LogP contribution in [0, 0.1) is 0 Å². The van der Waals surface area contributed by atoms with Gasteiger partial charge in [0.15, 0.2) is 9.84 Å². The lowest BCUT2D eigenvalue weighted by Gasteiger charge is -2.12. The second-order valence-corrected chi connectivity index (χ2v) is 10.0. The molecular weight excluding hydrogens is 394 g/mol. The average molecular weight is 424 g/mol. The lowest BCUT2D eigenvalue weighted by molar-refractivity contribution is -0.115. The van der Waals surface area contributed by atoms with E-state index in [-0.39, 0.29) is 35.5 Å². The highest BCUT2D eigenvalue weighted by molar-refractivity contribution is 7.92. The van der Waals surface area contributed by atoms with Gasteiger partial charge in [0.05, 0.1) is 17.1 Å². The quantitative estimate of drug-likeness (QED) is 0.595. The molecule has 3 N–H and O–H groups in total. The van der Waals surface area contributed by atoms with Crippen molar-refractivity contribution in [1.82, 2.24) is 5.32 Å². The standard InChI is InChI=1S/C20H29N3O5S/c24-19(11-13-29(26,27)18-5-1-2-6-18)22-15-7-9-16(10-8-15)23-20(25)21-14-17-4-3-12-28-17/h7-10,17-18H,1-6,11-14H2,(H,22,24)(H2,21,23,25)/t17-/m1/s1. The highest BCUT2D eigenvalue weighted by atomic mass is 32.2. The monoisotopic (exact) mass is 423 g/mol. The van der Waals surface area contributed by atoms with Gasteiger partial charge in [-0.3, -0.25) is 4.79 Å². The van der Waals surface area contributed by atoms with Crippen molar-refractivity contribution in [3.63, 3.8) is 0 Å². The third-order valence-electron chi connectivity index (χ3n) is 5.36. The van der Waals surface area contributed by atoms with Gasteiger partial charge in [0.2, 0.25) is 5.91 Å². The van der Waals surface area contributed by atoms with Crippen LogP contribution >= 0.6 is 0 Å². The van der Waals surface area contributed by atoms with Gasteiger partial charge in [-0.25, -0.2) is 13.2 Å². The zero-order valence-corrected chi connectivity index (χ0v) is 17.3. The van der Waals surface area contributed by atoms with Crippen LogP contribution in [0.2, 0.25) is 0 Å². The van der Waals surface area contributed by atoms with Gasteiger partial charge in [0.25, 0.3) is 0 Å². The number of urea groups is 1. The summed E-state index contributed by atoms with van der Waals surface area (Å²) in [7, 11) is -3.20. The van der Waals surface area contributed by atoms with Gasteiger partial charge in [0.1, 0.15) is 0 Å². The summed E-state index contributed by atoms with van der Waals surface area (Å²) < 4.78 is 29.9. The van der Waals surface area contributed by atoms with Crippen molar-refractivity contribution in [3.05, 3.63) is 24.3 Å². The van der Waals surface area contributed by atoms with Crippen LogP contribution in [-0.2, 0) is 19.4 Å². The van der Waals surface area contributed by atoms with Gasteiger partial charge < -0.3 is 20.7 Å². The first kappa shape index (κ1) is 21.6. The molecule has 1 aliphatic carbocycles. The van der Waals surface area contributed by atoms with Crippen molar-refractivity contribution in [2.24, 2.45) is 0 Å². The fourth-order valence-corrected chi connectivity index (χ4v) is 5.55. The number of amides is 3. The minimum atomic E-state index is -3.20. The largest absolute Gasteiger partial charge is 0.376 e. The Morgan fingerprint density at radius 3 is 2.24 bits per heavy atom. The van der Waals surface area contributed by atoms with Crippen LogP contribution in [0.5, 0.6) is 0 Å². The Morgan fingerprint density at radius 2 is 1.62 bits per heavy atom. The molecule has 0 unspecified atom stereocenters. The first-order valence-electron chi connectivity index (χ1n) is 10.2. The van der Waals surface area contributed by atoms with E-state index in [4.69, 9.17) is 4.74 Å². The molecule has 2 aliphatic rings. The van der Waals surface area contributed by atoms with E-state index in [2.05, 4.69) is 16.0 Å². The zero-order valence-electron chi connectivity index (χ0n) is 16.5. The molecule has 0 radical (unpaired) electrons. The molecule has 8 nitrogen and oxygen atoms in total. The third kappa shape index (κ3) is 6.71. The Morgan fingerprint density at radius 1 is 0.966 bits per heavy atom. The van der Waals surface area contributed by atoms with E-state index in [1.54, 1.807) is 24.3 Å². The van der Waals surface area contributed by atoms with Crippen molar-refractivity contribution in [3.8, 4) is 0 Å². The van der Waals surface area contributed by atoms with Gasteiger partial charge in [-0.1, -0.05) is 12.8 Å². The molecule has 3 rings (SSSR count). The predicted octanol–water partition coefficient (Wildman–Crippen LogP) is 2.67. The molecule has 1 aromatic rings. The minimum absolute atomic E-state index is 0.0511. The Hall–Kier alpha value is -2.13. The number of anilines is 2. The molecule has 1 heterocycles. The number of hydrogen-bond acceptors (Lipinski definition) is 5. The molecule has 9 heteroatoms. The number of hydrogen-bond donors (Lipinski definition) is 3. The number of ether oxygens (including phenoxy) is 1. The van der Waals surface area contributed by atoms with E-state index in [1.165, 1.54) is 0 Å². The van der Waals surface area contributed by atoms with E-state index < -0.39 is 9.84 Å². The maximum absolute atomic E-state index is 12.2. The molecule has 1 saturated carbocycles. The highest BCUT2D eigenvalue weighted by Crippen LogP contribution is 2.25. The van der Waals surface area contributed by atoms with Gasteiger partial charge >= 0.3 is 6.03 Å². The summed E-state index contributed by atoms with van der Waals surface area (Å²) in [6.07, 6.45) is 5.32. The van der Waals surface area contributed by atoms with E-state index in [0.29, 0.717) is 30.8 Å². The van der Waals surface area contributed by atoms with Crippen LogP contribution in [0.25, 0.3) is 0 Å². The number of carbonyl (C=O) groups is 2. The van der Waals surface area contributed by atoms with Crippen molar-refractivity contribution in [2.75, 3.05) is 29.5 Å². The maximum Gasteiger partial charge on any atom is 0.319 e. The third-order valence-corrected chi connectivity index (χ3v) is 7.62. The summed E-state index contributed by atoms with van der Waals surface area (Å²) in [5.41, 5.74) is 1.15. The molecule has 3 amide bonds. The van der Waals surface area contributed by atoms with Crippen LogP contribution in [0.15, 0.2) is 24.3 Å². The first-order chi connectivity index (χ1) is 13.9. The Labute approximate surface area is 171 Å². The number of sulfone groups is 1. The summed E-state index contributed by atoms with van der Waals surface area (Å²) in [5, 5.41) is 7.91. The summed E-state index contributed by atoms with van der Waals surface area (Å²) in [4.78, 5) is 24.0. The van der Waals surface area contributed by atoms with Gasteiger partial charge in [-0.2, -0.15) is 0 Å². The van der Waals surface area contributed by atoms with Crippen LogP contribution in [-0.4, -0.2) is 50.6 Å². The zero-order chi connectivity index (χ0) is 20.7. The Balaban J connectivity index is 1.40. The minimum Gasteiger partial charge on any atom is -0.376 e. The van der Waals surface area contributed by atoms with Crippen LogP contribution in [0.3, 0.4) is 0 Å². The molecule has 1 saturated heterocycles. The number of carbonyl (C=O) groups excluding carboxylic acids is 2. The van der Waals surface area contributed by atoms with Gasteiger partial charge in [-0.15, -0.1) is 0 Å². The number of benzene rings is 1. The lowest BCUT2D eigenvalue weighted by Crippen LogP contribution is -2.35. The second kappa shape index (κ2) is 10.1. The van der Waals surface area contributed by atoms with Crippen molar-refractivity contribution < 1.29 is 22.7 Å². The molecular formula is C20H29N3O5S. The molecule has 0 bridgehead atoms. The summed E-state index contributed by atoms with van der Waals surface area (Å²) in [6, 6.07) is 6.37. The van der Waals surface area contributed by atoms with Crippen molar-refractivity contribution in [2.45, 2.75) is 56.3 Å². The number of rotatable bonds is 8. The smallest absolute Gasteiger partial charge is 0.319 e. The SMILES string of the molecule is O=C(CCS(=O)(=O)C1CCCC1)Nc1ccc(NC(=O)NC[C@H]2CCCO2)cc1. The average Bonchev–Trinajstić information content (AvgIpc) is 3.41. The fraction of sp³-hybridized carbons (Fsp3) is 0.600. The van der Waals surface area contributed by atoms with Gasteiger partial charge in [-0.05, 0) is 49.9 Å².